The summed E-state index contributed by atoms with van der Waals surface area (Å²) in [5.74, 6) is 0.253. The summed E-state index contributed by atoms with van der Waals surface area (Å²) in [6.07, 6.45) is 2.68. The minimum absolute atomic E-state index is 0.0542. The van der Waals surface area contributed by atoms with Crippen molar-refractivity contribution in [3.05, 3.63) is 0 Å². The van der Waals surface area contributed by atoms with Gasteiger partial charge in [-0.2, -0.15) is 0 Å². The van der Waals surface area contributed by atoms with Gasteiger partial charge in [-0.15, -0.1) is 0 Å². The predicted octanol–water partition coefficient (Wildman–Crippen LogP) is -0.0181. The van der Waals surface area contributed by atoms with Crippen LogP contribution in [0.4, 0.5) is 0 Å². The van der Waals surface area contributed by atoms with E-state index >= 15 is 0 Å². The fraction of sp³-hybridized carbons (Fsp3) is 0.800. The highest BCUT2D eigenvalue weighted by Gasteiger charge is 2.45. The molecule has 1 saturated carbocycles. The van der Waals surface area contributed by atoms with E-state index in [2.05, 4.69) is 5.32 Å². The van der Waals surface area contributed by atoms with Crippen LogP contribution in [-0.2, 0) is 14.4 Å². The second-order valence-electron chi connectivity index (χ2n) is 6.95. The number of likely N-dealkylation sites (tertiary alicyclic amines) is 1. The molecule has 2 saturated heterocycles. The van der Waals surface area contributed by atoms with Gasteiger partial charge in [0.15, 0.2) is 0 Å². The van der Waals surface area contributed by atoms with Crippen LogP contribution >= 0.6 is 0 Å². The zero-order valence-corrected chi connectivity index (χ0v) is 12.7. The van der Waals surface area contributed by atoms with E-state index in [4.69, 9.17) is 0 Å². The van der Waals surface area contributed by atoms with E-state index in [0.717, 1.165) is 6.54 Å². The van der Waals surface area contributed by atoms with Crippen LogP contribution in [0.25, 0.3) is 0 Å². The second-order valence-corrected chi connectivity index (χ2v) is 6.95. The Morgan fingerprint density at radius 3 is 2.71 bits per heavy atom. The topological polar surface area (TPSA) is 69.7 Å². The zero-order valence-electron chi connectivity index (χ0n) is 12.7. The Morgan fingerprint density at radius 1 is 1.33 bits per heavy atom. The summed E-state index contributed by atoms with van der Waals surface area (Å²) in [6, 6.07) is 0. The quantitative estimate of drug-likeness (QED) is 0.795. The molecule has 1 atom stereocenters. The van der Waals surface area contributed by atoms with E-state index in [1.807, 2.05) is 4.90 Å². The van der Waals surface area contributed by atoms with Crippen LogP contribution in [0.15, 0.2) is 0 Å². The molecule has 1 aliphatic carbocycles. The molecule has 3 rings (SSSR count). The molecule has 0 aromatic carbocycles. The maximum atomic E-state index is 12.7. The van der Waals surface area contributed by atoms with Gasteiger partial charge in [-0.25, -0.2) is 0 Å². The Hall–Kier alpha value is -1.59. The van der Waals surface area contributed by atoms with Gasteiger partial charge in [-0.1, -0.05) is 0 Å². The number of piperazine rings is 1. The normalized spacial score (nSPS) is 28.8. The first-order valence-electron chi connectivity index (χ1n) is 7.77. The third-order valence-corrected chi connectivity index (χ3v) is 4.86. The lowest BCUT2D eigenvalue weighted by Crippen LogP contribution is -2.64. The van der Waals surface area contributed by atoms with Crippen molar-refractivity contribution in [2.24, 2.45) is 11.8 Å². The lowest BCUT2D eigenvalue weighted by atomic mass is 9.95. The number of carbonyl (C=O) groups excluding carboxylic acids is 3. The molecular weight excluding hydrogens is 270 g/mol. The molecule has 2 heterocycles. The maximum Gasteiger partial charge on any atom is 0.245 e. The molecule has 6 heteroatoms. The summed E-state index contributed by atoms with van der Waals surface area (Å²) < 4.78 is 0. The van der Waals surface area contributed by atoms with E-state index in [1.165, 1.54) is 12.8 Å². The van der Waals surface area contributed by atoms with Gasteiger partial charge >= 0.3 is 0 Å². The number of nitrogens with zero attached hydrogens (tertiary/aromatic N) is 2. The number of nitrogens with one attached hydrogen (secondary N) is 1. The Labute approximate surface area is 124 Å². The zero-order chi connectivity index (χ0) is 15.2. The molecule has 3 amide bonds. The minimum atomic E-state index is -0.831. The number of hydrogen-bond acceptors (Lipinski definition) is 3. The molecule has 0 bridgehead atoms. The van der Waals surface area contributed by atoms with Gasteiger partial charge in [-0.05, 0) is 32.6 Å². The van der Waals surface area contributed by atoms with Crippen LogP contribution in [0.2, 0.25) is 0 Å². The average molecular weight is 293 g/mol. The van der Waals surface area contributed by atoms with Crippen molar-refractivity contribution in [2.45, 2.75) is 38.6 Å². The van der Waals surface area contributed by atoms with Crippen LogP contribution in [0.5, 0.6) is 0 Å². The van der Waals surface area contributed by atoms with E-state index in [9.17, 15) is 14.4 Å². The Bertz CT molecular complexity index is 485. The van der Waals surface area contributed by atoms with Crippen LogP contribution < -0.4 is 5.32 Å². The smallest absolute Gasteiger partial charge is 0.245 e. The van der Waals surface area contributed by atoms with E-state index in [-0.39, 0.29) is 23.6 Å². The summed E-state index contributed by atoms with van der Waals surface area (Å²) in [7, 11) is 0. The molecule has 116 valence electrons. The average Bonchev–Trinajstić information content (AvgIpc) is 3.16. The van der Waals surface area contributed by atoms with Gasteiger partial charge < -0.3 is 15.1 Å². The lowest BCUT2D eigenvalue weighted by molar-refractivity contribution is -0.151. The van der Waals surface area contributed by atoms with Crippen molar-refractivity contribution in [3.8, 4) is 0 Å². The molecule has 2 aliphatic heterocycles. The molecule has 3 aliphatic rings. The molecule has 6 nitrogen and oxygen atoms in total. The fourth-order valence-corrected chi connectivity index (χ4v) is 3.23. The van der Waals surface area contributed by atoms with Crippen molar-refractivity contribution < 1.29 is 14.4 Å². The standard InChI is InChI=1S/C15H23N3O3/c1-15(2)14(21)16-5-6-18(15)13(20)11-7-12(19)17(9-11)8-10-3-4-10/h10-11H,3-9H2,1-2H3,(H,16,21). The number of amides is 3. The first-order valence-corrected chi connectivity index (χ1v) is 7.77. The summed E-state index contributed by atoms with van der Waals surface area (Å²) in [4.78, 5) is 40.2. The van der Waals surface area contributed by atoms with E-state index in [0.29, 0.717) is 32.0 Å². The number of carbonyl (C=O) groups is 3. The van der Waals surface area contributed by atoms with Crippen molar-refractivity contribution in [3.63, 3.8) is 0 Å². The van der Waals surface area contributed by atoms with Gasteiger partial charge in [-0.3, -0.25) is 14.4 Å². The first-order chi connectivity index (χ1) is 9.89. The van der Waals surface area contributed by atoms with Crippen LogP contribution in [0.3, 0.4) is 0 Å². The third kappa shape index (κ3) is 2.63. The molecule has 21 heavy (non-hydrogen) atoms. The Kier molecular flexibility index (Phi) is 3.42. The highest BCUT2D eigenvalue weighted by atomic mass is 16.2. The van der Waals surface area contributed by atoms with Crippen molar-refractivity contribution >= 4 is 17.7 Å². The van der Waals surface area contributed by atoms with Gasteiger partial charge in [0.1, 0.15) is 5.54 Å². The fourth-order valence-electron chi connectivity index (χ4n) is 3.23. The first kappa shape index (κ1) is 14.4. The van der Waals surface area contributed by atoms with Crippen molar-refractivity contribution in [1.29, 1.82) is 0 Å². The molecule has 0 radical (unpaired) electrons. The van der Waals surface area contributed by atoms with Gasteiger partial charge in [0.05, 0.1) is 5.92 Å². The Morgan fingerprint density at radius 2 is 2.05 bits per heavy atom. The van der Waals surface area contributed by atoms with Crippen LogP contribution in [0, 0.1) is 11.8 Å². The second kappa shape index (κ2) is 5.00. The number of hydrogen-bond donors (Lipinski definition) is 1. The van der Waals surface area contributed by atoms with Gasteiger partial charge in [0.25, 0.3) is 0 Å². The molecule has 1 N–H and O–H groups in total. The molecule has 0 spiro atoms. The minimum Gasteiger partial charge on any atom is -0.352 e. The van der Waals surface area contributed by atoms with Crippen LogP contribution in [0.1, 0.15) is 33.1 Å². The molecular formula is C15H23N3O3. The third-order valence-electron chi connectivity index (χ3n) is 4.86. The van der Waals surface area contributed by atoms with E-state index in [1.54, 1.807) is 18.7 Å². The van der Waals surface area contributed by atoms with Crippen molar-refractivity contribution in [1.82, 2.24) is 15.1 Å². The summed E-state index contributed by atoms with van der Waals surface area (Å²) >= 11 is 0. The molecule has 1 unspecified atom stereocenters. The molecule has 0 aromatic heterocycles. The van der Waals surface area contributed by atoms with E-state index < -0.39 is 5.54 Å². The lowest BCUT2D eigenvalue weighted by Gasteiger charge is -2.42. The van der Waals surface area contributed by atoms with Gasteiger partial charge in [0, 0.05) is 32.6 Å². The Balaban J connectivity index is 1.67. The predicted molar refractivity (Wildman–Crippen MR) is 76.2 cm³/mol. The maximum absolute atomic E-state index is 12.7. The molecule has 0 aromatic rings. The highest BCUT2D eigenvalue weighted by Crippen LogP contribution is 2.33. The van der Waals surface area contributed by atoms with Gasteiger partial charge in [0.2, 0.25) is 17.7 Å². The van der Waals surface area contributed by atoms with Crippen molar-refractivity contribution in [2.75, 3.05) is 26.2 Å². The SMILES string of the molecule is CC1(C)C(=O)NCCN1C(=O)C1CC(=O)N(CC2CC2)C1. The summed E-state index contributed by atoms with van der Waals surface area (Å²) in [5, 5.41) is 2.79. The largest absolute Gasteiger partial charge is 0.352 e. The molecule has 3 fully saturated rings. The monoisotopic (exact) mass is 293 g/mol. The highest BCUT2D eigenvalue weighted by molar-refractivity contribution is 5.95. The summed E-state index contributed by atoms with van der Waals surface area (Å²) in [6.45, 7) is 5.84. The van der Waals surface area contributed by atoms with Crippen LogP contribution in [-0.4, -0.2) is 59.2 Å². The number of rotatable bonds is 3. The summed E-state index contributed by atoms with van der Waals surface area (Å²) in [5.41, 5.74) is -0.831.